The lowest BCUT2D eigenvalue weighted by atomic mass is 10.0. The molecule has 0 radical (unpaired) electrons. The van der Waals surface area contributed by atoms with Gasteiger partial charge in [0.1, 0.15) is 0 Å². The van der Waals surface area contributed by atoms with Crippen LogP contribution in [-0.2, 0) is 12.8 Å². The first-order valence-corrected chi connectivity index (χ1v) is 6.40. The highest BCUT2D eigenvalue weighted by molar-refractivity contribution is 7.09. The van der Waals surface area contributed by atoms with Crippen molar-refractivity contribution in [2.24, 2.45) is 5.73 Å². The first-order chi connectivity index (χ1) is 7.84. The smallest absolute Gasteiger partial charge is 0.0940 e. The Morgan fingerprint density at radius 2 is 2.06 bits per heavy atom. The molecule has 1 heterocycles. The minimum atomic E-state index is 0.214. The molecule has 84 valence electrons. The molecule has 1 aromatic heterocycles. The summed E-state index contributed by atoms with van der Waals surface area (Å²) in [6, 6.07) is 10.7. The van der Waals surface area contributed by atoms with Crippen LogP contribution in [0.3, 0.4) is 0 Å². The fourth-order valence-corrected chi connectivity index (χ4v) is 2.39. The van der Waals surface area contributed by atoms with Gasteiger partial charge in [-0.1, -0.05) is 30.3 Å². The predicted octanol–water partition coefficient (Wildman–Crippen LogP) is 2.65. The molecular formula is C13H16N2S. The van der Waals surface area contributed by atoms with E-state index in [1.807, 2.05) is 17.6 Å². The first-order valence-electron chi connectivity index (χ1n) is 5.52. The van der Waals surface area contributed by atoms with E-state index in [0.717, 1.165) is 24.3 Å². The maximum Gasteiger partial charge on any atom is 0.0940 e. The SMILES string of the molecule is N[C@@H](CCc1ccccc1)Cc1nccs1. The number of aromatic nitrogens is 1. The van der Waals surface area contributed by atoms with Crippen LogP contribution in [0.25, 0.3) is 0 Å². The molecule has 1 atom stereocenters. The fraction of sp³-hybridized carbons (Fsp3) is 0.308. The van der Waals surface area contributed by atoms with Crippen LogP contribution in [0.5, 0.6) is 0 Å². The lowest BCUT2D eigenvalue weighted by Gasteiger charge is -2.09. The van der Waals surface area contributed by atoms with Gasteiger partial charge in [-0.2, -0.15) is 0 Å². The number of hydrogen-bond acceptors (Lipinski definition) is 3. The molecule has 1 aromatic carbocycles. The van der Waals surface area contributed by atoms with Crippen LogP contribution in [0.1, 0.15) is 17.0 Å². The predicted molar refractivity (Wildman–Crippen MR) is 68.6 cm³/mol. The van der Waals surface area contributed by atoms with Crippen molar-refractivity contribution in [1.29, 1.82) is 0 Å². The van der Waals surface area contributed by atoms with E-state index in [-0.39, 0.29) is 6.04 Å². The molecular weight excluding hydrogens is 216 g/mol. The third-order valence-corrected chi connectivity index (χ3v) is 3.37. The van der Waals surface area contributed by atoms with Crippen molar-refractivity contribution >= 4 is 11.3 Å². The second-order valence-corrected chi connectivity index (χ2v) is 4.89. The van der Waals surface area contributed by atoms with Crippen molar-refractivity contribution in [3.05, 3.63) is 52.5 Å². The van der Waals surface area contributed by atoms with Gasteiger partial charge in [-0.05, 0) is 18.4 Å². The van der Waals surface area contributed by atoms with Gasteiger partial charge in [-0.15, -0.1) is 11.3 Å². The summed E-state index contributed by atoms with van der Waals surface area (Å²) in [5.74, 6) is 0. The van der Waals surface area contributed by atoms with Crippen molar-refractivity contribution in [2.45, 2.75) is 25.3 Å². The molecule has 3 heteroatoms. The Morgan fingerprint density at radius 3 is 2.75 bits per heavy atom. The number of nitrogens with zero attached hydrogens (tertiary/aromatic N) is 1. The highest BCUT2D eigenvalue weighted by Gasteiger charge is 2.06. The molecule has 0 spiro atoms. The summed E-state index contributed by atoms with van der Waals surface area (Å²) in [5, 5.41) is 3.14. The second kappa shape index (κ2) is 5.77. The van der Waals surface area contributed by atoms with Crippen molar-refractivity contribution in [2.75, 3.05) is 0 Å². The largest absolute Gasteiger partial charge is 0.327 e. The zero-order valence-electron chi connectivity index (χ0n) is 9.17. The number of aryl methyl sites for hydroxylation is 1. The van der Waals surface area contributed by atoms with E-state index >= 15 is 0 Å². The molecule has 0 amide bonds. The van der Waals surface area contributed by atoms with Gasteiger partial charge < -0.3 is 5.73 Å². The number of thiazole rings is 1. The van der Waals surface area contributed by atoms with Crippen LogP contribution in [-0.4, -0.2) is 11.0 Å². The van der Waals surface area contributed by atoms with Gasteiger partial charge in [0.25, 0.3) is 0 Å². The van der Waals surface area contributed by atoms with Crippen molar-refractivity contribution in [3.63, 3.8) is 0 Å². The van der Waals surface area contributed by atoms with Crippen LogP contribution in [0.15, 0.2) is 41.9 Å². The number of rotatable bonds is 5. The van der Waals surface area contributed by atoms with Crippen molar-refractivity contribution in [1.82, 2.24) is 4.98 Å². The normalized spacial score (nSPS) is 12.6. The molecule has 16 heavy (non-hydrogen) atoms. The molecule has 0 fully saturated rings. The van der Waals surface area contributed by atoms with Gasteiger partial charge in [-0.3, -0.25) is 0 Å². The fourth-order valence-electron chi connectivity index (χ4n) is 1.68. The molecule has 0 saturated carbocycles. The Labute approximate surface area is 100 Å². The lowest BCUT2D eigenvalue weighted by Crippen LogP contribution is -2.23. The standard InChI is InChI=1S/C13H16N2S/c14-12(10-13-15-8-9-16-13)7-6-11-4-2-1-3-5-11/h1-5,8-9,12H,6-7,10,14H2/t12-/m0/s1. The Morgan fingerprint density at radius 1 is 1.25 bits per heavy atom. The van der Waals surface area contributed by atoms with E-state index in [9.17, 15) is 0 Å². The zero-order chi connectivity index (χ0) is 11.2. The van der Waals surface area contributed by atoms with Gasteiger partial charge in [0.15, 0.2) is 0 Å². The van der Waals surface area contributed by atoms with Crippen LogP contribution in [0, 0.1) is 0 Å². The summed E-state index contributed by atoms with van der Waals surface area (Å²) < 4.78 is 0. The van der Waals surface area contributed by atoms with Gasteiger partial charge in [-0.25, -0.2) is 4.98 Å². The Kier molecular flexibility index (Phi) is 4.08. The molecule has 0 aliphatic heterocycles. The van der Waals surface area contributed by atoms with E-state index in [2.05, 4.69) is 29.2 Å². The van der Waals surface area contributed by atoms with E-state index in [0.29, 0.717) is 0 Å². The van der Waals surface area contributed by atoms with Gasteiger partial charge in [0, 0.05) is 24.0 Å². The Balaban J connectivity index is 1.78. The number of benzene rings is 1. The summed E-state index contributed by atoms with van der Waals surface area (Å²) in [7, 11) is 0. The van der Waals surface area contributed by atoms with Crippen LogP contribution in [0.4, 0.5) is 0 Å². The average molecular weight is 232 g/mol. The first kappa shape index (κ1) is 11.3. The quantitative estimate of drug-likeness (QED) is 0.860. The molecule has 0 aliphatic rings. The lowest BCUT2D eigenvalue weighted by molar-refractivity contribution is 0.609. The number of hydrogen-bond donors (Lipinski definition) is 1. The average Bonchev–Trinajstić information content (AvgIpc) is 2.81. The van der Waals surface area contributed by atoms with Crippen molar-refractivity contribution < 1.29 is 0 Å². The maximum absolute atomic E-state index is 6.08. The van der Waals surface area contributed by atoms with Crippen LogP contribution < -0.4 is 5.73 Å². The van der Waals surface area contributed by atoms with Crippen LogP contribution >= 0.6 is 11.3 Å². The highest BCUT2D eigenvalue weighted by atomic mass is 32.1. The van der Waals surface area contributed by atoms with Crippen molar-refractivity contribution in [3.8, 4) is 0 Å². The maximum atomic E-state index is 6.08. The van der Waals surface area contributed by atoms with E-state index in [4.69, 9.17) is 5.73 Å². The number of nitrogens with two attached hydrogens (primary N) is 1. The minimum Gasteiger partial charge on any atom is -0.327 e. The second-order valence-electron chi connectivity index (χ2n) is 3.91. The highest BCUT2D eigenvalue weighted by Crippen LogP contribution is 2.10. The van der Waals surface area contributed by atoms with Gasteiger partial charge in [0.05, 0.1) is 5.01 Å². The molecule has 2 rings (SSSR count). The van der Waals surface area contributed by atoms with Gasteiger partial charge >= 0.3 is 0 Å². The van der Waals surface area contributed by atoms with E-state index in [1.54, 1.807) is 11.3 Å². The minimum absolute atomic E-state index is 0.214. The van der Waals surface area contributed by atoms with Crippen LogP contribution in [0.2, 0.25) is 0 Å². The third-order valence-electron chi connectivity index (χ3n) is 2.57. The molecule has 0 aliphatic carbocycles. The molecule has 2 aromatic rings. The summed E-state index contributed by atoms with van der Waals surface area (Å²) >= 11 is 1.68. The van der Waals surface area contributed by atoms with E-state index in [1.165, 1.54) is 5.56 Å². The molecule has 0 bridgehead atoms. The molecule has 2 nitrogen and oxygen atoms in total. The van der Waals surface area contributed by atoms with Gasteiger partial charge in [0.2, 0.25) is 0 Å². The van der Waals surface area contributed by atoms with E-state index < -0.39 is 0 Å². The Hall–Kier alpha value is -1.19. The summed E-state index contributed by atoms with van der Waals surface area (Å²) in [6.45, 7) is 0. The zero-order valence-corrected chi connectivity index (χ0v) is 9.99. The summed E-state index contributed by atoms with van der Waals surface area (Å²) in [5.41, 5.74) is 7.44. The summed E-state index contributed by atoms with van der Waals surface area (Å²) in [6.07, 6.45) is 4.80. The molecule has 2 N–H and O–H groups in total. The third kappa shape index (κ3) is 3.43. The summed E-state index contributed by atoms with van der Waals surface area (Å²) in [4.78, 5) is 4.25. The topological polar surface area (TPSA) is 38.9 Å². The Bertz CT molecular complexity index is 397. The monoisotopic (exact) mass is 232 g/mol. The molecule has 0 unspecified atom stereocenters. The molecule has 0 saturated heterocycles.